The van der Waals surface area contributed by atoms with Gasteiger partial charge in [0, 0.05) is 13.0 Å². The summed E-state index contributed by atoms with van der Waals surface area (Å²) < 4.78 is 33.5. The number of hydrogen-bond donors (Lipinski definition) is 3. The number of esters is 1. The van der Waals surface area contributed by atoms with Gasteiger partial charge in [0.15, 0.2) is 0 Å². The van der Waals surface area contributed by atoms with Crippen LogP contribution in [-0.4, -0.2) is 60.5 Å². The lowest BCUT2D eigenvalue weighted by Gasteiger charge is -2.20. The van der Waals surface area contributed by atoms with Gasteiger partial charge in [0.25, 0.3) is 0 Å². The number of ether oxygens (including phenoxy) is 2. The van der Waals surface area contributed by atoms with Crippen LogP contribution in [0.15, 0.2) is 60.8 Å². The number of phosphoric acid groups is 1. The maximum atomic E-state index is 12.7. The van der Waals surface area contributed by atoms with Crippen molar-refractivity contribution < 1.29 is 42.7 Å². The van der Waals surface area contributed by atoms with E-state index >= 15 is 0 Å². The molecular weight excluding hydrogens is 838 g/mol. The average Bonchev–Trinajstić information content (AvgIpc) is 3.29. The second-order valence-corrected chi connectivity index (χ2v) is 19.1. The van der Waals surface area contributed by atoms with Crippen molar-refractivity contribution in [1.82, 2.24) is 0 Å². The Morgan fingerprint density at radius 3 is 1.34 bits per heavy atom. The molecule has 65 heavy (non-hydrogen) atoms. The topological polar surface area (TPSA) is 155 Å². The van der Waals surface area contributed by atoms with E-state index in [1.54, 1.807) is 0 Å². The zero-order valence-electron chi connectivity index (χ0n) is 41.6. The number of nitrogens with two attached hydrogens (primary N) is 1. The molecule has 0 rings (SSSR count). The summed E-state index contributed by atoms with van der Waals surface area (Å²) in [7, 11) is -4.63. The van der Waals surface area contributed by atoms with Gasteiger partial charge in [-0.3, -0.25) is 18.6 Å². The number of carbonyl (C=O) groups is 2. The Bertz CT molecular complexity index is 1270. The number of rotatable bonds is 50. The number of carbonyl (C=O) groups excluding carboxylic acids is 1. The van der Waals surface area contributed by atoms with Crippen molar-refractivity contribution in [1.29, 1.82) is 0 Å². The maximum absolute atomic E-state index is 12.7. The van der Waals surface area contributed by atoms with Crippen molar-refractivity contribution >= 4 is 19.8 Å². The molecule has 4 N–H and O–H groups in total. The third-order valence-electron chi connectivity index (χ3n) is 11.3. The largest absolute Gasteiger partial charge is 0.480 e. The molecule has 0 aromatic carbocycles. The van der Waals surface area contributed by atoms with Gasteiger partial charge < -0.3 is 25.2 Å². The molecule has 0 bridgehead atoms. The van der Waals surface area contributed by atoms with Crippen LogP contribution in [0.4, 0.5) is 0 Å². The lowest BCUT2D eigenvalue weighted by molar-refractivity contribution is -0.154. The van der Waals surface area contributed by atoms with Crippen LogP contribution in [0.3, 0.4) is 0 Å². The lowest BCUT2D eigenvalue weighted by atomic mass is 10.0. The van der Waals surface area contributed by atoms with E-state index in [9.17, 15) is 19.0 Å². The van der Waals surface area contributed by atoms with Crippen molar-refractivity contribution in [2.75, 3.05) is 26.4 Å². The van der Waals surface area contributed by atoms with Crippen molar-refractivity contribution in [3.05, 3.63) is 60.8 Å². The van der Waals surface area contributed by atoms with Gasteiger partial charge in [0.05, 0.1) is 19.8 Å². The molecule has 3 atom stereocenters. The Morgan fingerprint density at radius 1 is 0.508 bits per heavy atom. The van der Waals surface area contributed by atoms with E-state index in [1.807, 2.05) is 0 Å². The molecular formula is C54H98NO9P. The summed E-state index contributed by atoms with van der Waals surface area (Å²) in [4.78, 5) is 33.7. The van der Waals surface area contributed by atoms with Gasteiger partial charge in [-0.15, -0.1) is 0 Å². The summed E-state index contributed by atoms with van der Waals surface area (Å²) >= 11 is 0. The summed E-state index contributed by atoms with van der Waals surface area (Å²) in [5, 5.41) is 8.94. The first-order valence-corrected chi connectivity index (χ1v) is 27.8. The molecule has 0 aliphatic rings. The predicted molar refractivity (Wildman–Crippen MR) is 272 cm³/mol. The molecule has 378 valence electrons. The number of unbranched alkanes of at least 4 members (excludes halogenated alkanes) is 26. The quantitative estimate of drug-likeness (QED) is 0.0232. The predicted octanol–water partition coefficient (Wildman–Crippen LogP) is 15.5. The third kappa shape index (κ3) is 49.4. The maximum Gasteiger partial charge on any atom is 0.472 e. The fourth-order valence-corrected chi connectivity index (χ4v) is 8.06. The lowest BCUT2D eigenvalue weighted by Crippen LogP contribution is -2.34. The van der Waals surface area contributed by atoms with Gasteiger partial charge in [-0.05, 0) is 57.8 Å². The molecule has 3 unspecified atom stereocenters. The molecule has 0 aromatic rings. The molecule has 0 fully saturated rings. The highest BCUT2D eigenvalue weighted by atomic mass is 31.2. The molecule has 0 radical (unpaired) electrons. The van der Waals surface area contributed by atoms with E-state index < -0.39 is 45.1 Å². The molecule has 0 saturated carbocycles. The zero-order chi connectivity index (χ0) is 47.6. The summed E-state index contributed by atoms with van der Waals surface area (Å²) in [6.07, 6.45) is 61.4. The van der Waals surface area contributed by atoms with Crippen molar-refractivity contribution in [2.45, 2.75) is 244 Å². The second-order valence-electron chi connectivity index (χ2n) is 17.6. The van der Waals surface area contributed by atoms with Gasteiger partial charge in [-0.2, -0.15) is 0 Å². The Labute approximate surface area is 398 Å². The van der Waals surface area contributed by atoms with Crippen LogP contribution in [0.5, 0.6) is 0 Å². The first kappa shape index (κ1) is 62.7. The molecule has 0 aliphatic carbocycles. The Morgan fingerprint density at radius 2 is 0.892 bits per heavy atom. The molecule has 0 saturated heterocycles. The van der Waals surface area contributed by atoms with Gasteiger partial charge in [-0.25, -0.2) is 4.57 Å². The average molecular weight is 936 g/mol. The third-order valence-corrected chi connectivity index (χ3v) is 12.3. The van der Waals surface area contributed by atoms with Crippen LogP contribution in [0, 0.1) is 0 Å². The number of hydrogen-bond acceptors (Lipinski definition) is 8. The van der Waals surface area contributed by atoms with Crippen molar-refractivity contribution in [3.63, 3.8) is 0 Å². The van der Waals surface area contributed by atoms with Crippen LogP contribution in [0.1, 0.15) is 232 Å². The number of aliphatic carboxylic acids is 1. The molecule has 11 heteroatoms. The molecule has 0 amide bonds. The molecule has 0 aromatic heterocycles. The molecule has 0 spiro atoms. The highest BCUT2D eigenvalue weighted by Gasteiger charge is 2.27. The Balaban J connectivity index is 4.15. The number of carboxylic acids is 1. The van der Waals surface area contributed by atoms with Gasteiger partial charge >= 0.3 is 19.8 Å². The van der Waals surface area contributed by atoms with Gasteiger partial charge in [0.1, 0.15) is 12.1 Å². The summed E-state index contributed by atoms with van der Waals surface area (Å²) in [5.41, 5.74) is 5.38. The minimum Gasteiger partial charge on any atom is -0.480 e. The van der Waals surface area contributed by atoms with Crippen LogP contribution < -0.4 is 5.73 Å². The second kappa shape index (κ2) is 49.6. The highest BCUT2D eigenvalue weighted by Crippen LogP contribution is 2.43. The fourth-order valence-electron chi connectivity index (χ4n) is 7.28. The van der Waals surface area contributed by atoms with Crippen LogP contribution >= 0.6 is 7.82 Å². The van der Waals surface area contributed by atoms with E-state index in [4.69, 9.17) is 29.4 Å². The Hall–Kier alpha value is -2.33. The van der Waals surface area contributed by atoms with Crippen LogP contribution in [0.25, 0.3) is 0 Å². The van der Waals surface area contributed by atoms with Gasteiger partial charge in [-0.1, -0.05) is 229 Å². The zero-order valence-corrected chi connectivity index (χ0v) is 42.5. The minimum atomic E-state index is -4.63. The van der Waals surface area contributed by atoms with E-state index in [0.29, 0.717) is 13.0 Å². The summed E-state index contributed by atoms with van der Waals surface area (Å²) in [5.74, 6) is -1.79. The summed E-state index contributed by atoms with van der Waals surface area (Å²) in [6, 6.07) is -1.48. The first-order chi connectivity index (χ1) is 31.7. The normalized spacial score (nSPS) is 14.2. The van der Waals surface area contributed by atoms with Crippen LogP contribution in [-0.2, 0) is 32.7 Å². The molecule has 0 aliphatic heterocycles. The van der Waals surface area contributed by atoms with E-state index in [0.717, 1.165) is 83.5 Å². The number of phosphoric ester groups is 1. The van der Waals surface area contributed by atoms with Crippen molar-refractivity contribution in [3.8, 4) is 0 Å². The number of allylic oxidation sites excluding steroid dienone is 10. The summed E-state index contributed by atoms with van der Waals surface area (Å²) in [6.45, 7) is 3.78. The first-order valence-electron chi connectivity index (χ1n) is 26.3. The fraction of sp³-hybridized carbons (Fsp3) is 0.778. The monoisotopic (exact) mass is 936 g/mol. The standard InChI is InChI=1S/C54H98NO9P/c1-3-5-7-9-11-13-15-17-19-21-23-25-27-29-31-33-35-37-39-41-43-45-47-61-48-51(49-62-65(59,60)63-50-52(55)54(57)58)64-53(56)46-44-42-40-38-36-34-32-30-28-26-24-22-20-18-16-14-12-10-8-6-4-2/h6,8,12,14,18,20,24,26,30,32,51-52H,3-5,7,9-11,13,15-17,19,21-23,25,27-29,31,33-50,55H2,1-2H3,(H,57,58)(H,59,60)/b8-6-,14-12-,20-18-,26-24-,32-30-. The van der Waals surface area contributed by atoms with E-state index in [2.05, 4.69) is 74.6 Å². The van der Waals surface area contributed by atoms with Crippen LogP contribution in [0.2, 0.25) is 0 Å². The van der Waals surface area contributed by atoms with E-state index in [-0.39, 0.29) is 13.0 Å². The molecule has 10 nitrogen and oxygen atoms in total. The highest BCUT2D eigenvalue weighted by molar-refractivity contribution is 7.47. The molecule has 0 heterocycles. The SMILES string of the molecule is CC/C=C\C/C=C\C/C=C\C/C=C\C/C=C\CCCCCCCC(=O)OC(COCCCCCCCCCCCCCCCCCCCCCCCC)COP(=O)(O)OCC(N)C(=O)O. The Kier molecular flexibility index (Phi) is 47.8. The smallest absolute Gasteiger partial charge is 0.472 e. The van der Waals surface area contributed by atoms with Gasteiger partial charge in [0.2, 0.25) is 0 Å². The van der Waals surface area contributed by atoms with E-state index in [1.165, 1.54) is 122 Å². The number of carboxylic acid groups (broad SMARTS) is 1. The minimum absolute atomic E-state index is 0.00936. The van der Waals surface area contributed by atoms with Crippen molar-refractivity contribution in [2.24, 2.45) is 5.73 Å².